The van der Waals surface area contributed by atoms with E-state index in [1.54, 1.807) is 4.68 Å². The molecular formula is C35H39N7O3. The quantitative estimate of drug-likeness (QED) is 0.201. The van der Waals surface area contributed by atoms with Crippen molar-refractivity contribution in [1.82, 2.24) is 35.1 Å². The monoisotopic (exact) mass is 605 g/mol. The largest absolute Gasteiger partial charge is 0.464 e. The number of aromatic amines is 1. The number of piperazine rings is 1. The van der Waals surface area contributed by atoms with Crippen molar-refractivity contribution in [3.8, 4) is 0 Å². The average Bonchev–Trinajstić information content (AvgIpc) is 3.74. The zero-order valence-corrected chi connectivity index (χ0v) is 25.5. The van der Waals surface area contributed by atoms with Gasteiger partial charge in [0.05, 0.1) is 19.3 Å². The van der Waals surface area contributed by atoms with Crippen LogP contribution >= 0.6 is 0 Å². The molecule has 2 N–H and O–H groups in total. The van der Waals surface area contributed by atoms with Crippen LogP contribution in [-0.4, -0.2) is 87.5 Å². The average molecular weight is 606 g/mol. The molecule has 1 amide bonds. The van der Waals surface area contributed by atoms with Gasteiger partial charge >= 0.3 is 5.97 Å². The number of carbonyl (C=O) groups excluding carboxylic acids is 2. The van der Waals surface area contributed by atoms with Gasteiger partial charge in [-0.3, -0.25) is 14.6 Å². The van der Waals surface area contributed by atoms with Crippen LogP contribution in [0, 0.1) is 0 Å². The van der Waals surface area contributed by atoms with Crippen molar-refractivity contribution in [3.05, 3.63) is 120 Å². The lowest BCUT2D eigenvalue weighted by atomic mass is 9.96. The number of hydrogen-bond acceptors (Lipinski definition) is 7. The standard InChI is InChI=1S/C35H39N7O3/c1-45-35(44)32-24-36-39-42(32)18-10-16-29(37-34(43)31-23-28-15-8-9-17-30(28)38-31)25-40-19-21-41(22-20-40)33(26-11-4-2-5-12-26)27-13-6-3-7-14-27/h2-9,11-15,17,23-24,29,33,38H,10,16,18-22,25H2,1H3,(H,37,43). The maximum atomic E-state index is 13.4. The van der Waals surface area contributed by atoms with Gasteiger partial charge in [0.1, 0.15) is 5.69 Å². The summed E-state index contributed by atoms with van der Waals surface area (Å²) in [5.74, 6) is -0.593. The SMILES string of the molecule is COC(=O)c1cnnn1CCCC(CN1CCN(C(c2ccccc2)c2ccccc2)CC1)NC(=O)c1cc2ccccc2[nH]1. The third-order valence-electron chi connectivity index (χ3n) is 8.53. The first-order valence-corrected chi connectivity index (χ1v) is 15.5. The van der Waals surface area contributed by atoms with Crippen molar-refractivity contribution in [2.75, 3.05) is 39.8 Å². The minimum Gasteiger partial charge on any atom is -0.464 e. The summed E-state index contributed by atoms with van der Waals surface area (Å²) in [5, 5.41) is 12.2. The van der Waals surface area contributed by atoms with Gasteiger partial charge in [-0.25, -0.2) is 9.48 Å². The third kappa shape index (κ3) is 7.30. The van der Waals surface area contributed by atoms with E-state index in [-0.39, 0.29) is 18.0 Å². The van der Waals surface area contributed by atoms with E-state index in [4.69, 9.17) is 4.74 Å². The van der Waals surface area contributed by atoms with Gasteiger partial charge in [-0.15, -0.1) is 5.10 Å². The van der Waals surface area contributed by atoms with E-state index in [2.05, 4.69) is 91.1 Å². The maximum Gasteiger partial charge on any atom is 0.358 e. The van der Waals surface area contributed by atoms with E-state index in [9.17, 15) is 9.59 Å². The predicted molar refractivity (Wildman–Crippen MR) is 173 cm³/mol. The molecule has 1 fully saturated rings. The van der Waals surface area contributed by atoms with Crippen LogP contribution in [0.1, 0.15) is 51.0 Å². The Hall–Kier alpha value is -4.80. The van der Waals surface area contributed by atoms with Gasteiger partial charge in [0.2, 0.25) is 0 Å². The Morgan fingerprint density at radius 3 is 2.24 bits per heavy atom. The van der Waals surface area contributed by atoms with Crippen molar-refractivity contribution in [1.29, 1.82) is 0 Å². The molecule has 1 aliphatic heterocycles. The van der Waals surface area contributed by atoms with Gasteiger partial charge in [-0.1, -0.05) is 84.1 Å². The summed E-state index contributed by atoms with van der Waals surface area (Å²) < 4.78 is 6.42. The Labute approximate surface area is 263 Å². The highest BCUT2D eigenvalue weighted by Gasteiger charge is 2.28. The number of nitrogens with one attached hydrogen (secondary N) is 2. The molecule has 2 aromatic heterocycles. The van der Waals surface area contributed by atoms with E-state index >= 15 is 0 Å². The van der Waals surface area contributed by atoms with E-state index in [0.29, 0.717) is 30.8 Å². The Morgan fingerprint density at radius 2 is 1.58 bits per heavy atom. The predicted octanol–water partition coefficient (Wildman–Crippen LogP) is 4.53. The lowest BCUT2D eigenvalue weighted by Gasteiger charge is -2.40. The molecule has 1 aliphatic rings. The number of benzene rings is 3. The van der Waals surface area contributed by atoms with Gasteiger partial charge in [0.15, 0.2) is 5.69 Å². The number of aryl methyl sites for hydroxylation is 1. The lowest BCUT2D eigenvalue weighted by molar-refractivity contribution is 0.0586. The van der Waals surface area contributed by atoms with E-state index in [1.807, 2.05) is 30.3 Å². The van der Waals surface area contributed by atoms with Crippen LogP contribution < -0.4 is 5.32 Å². The smallest absolute Gasteiger partial charge is 0.358 e. The van der Waals surface area contributed by atoms with Crippen molar-refractivity contribution in [2.45, 2.75) is 31.5 Å². The molecule has 1 saturated heterocycles. The van der Waals surface area contributed by atoms with Gasteiger partial charge < -0.3 is 15.0 Å². The molecule has 6 rings (SSSR count). The molecule has 45 heavy (non-hydrogen) atoms. The van der Waals surface area contributed by atoms with Crippen LogP contribution in [0.2, 0.25) is 0 Å². The van der Waals surface area contributed by atoms with Crippen LogP contribution in [0.4, 0.5) is 0 Å². The second-order valence-electron chi connectivity index (χ2n) is 11.5. The minimum atomic E-state index is -0.467. The van der Waals surface area contributed by atoms with Crippen molar-refractivity contribution < 1.29 is 14.3 Å². The Morgan fingerprint density at radius 1 is 0.911 bits per heavy atom. The first-order valence-electron chi connectivity index (χ1n) is 15.5. The highest BCUT2D eigenvalue weighted by molar-refractivity contribution is 5.98. The van der Waals surface area contributed by atoms with E-state index in [1.165, 1.54) is 24.4 Å². The Kier molecular flexibility index (Phi) is 9.62. The summed E-state index contributed by atoms with van der Waals surface area (Å²) in [6.45, 7) is 4.83. The van der Waals surface area contributed by atoms with Crippen molar-refractivity contribution in [2.24, 2.45) is 0 Å². The summed E-state index contributed by atoms with van der Waals surface area (Å²) >= 11 is 0. The number of esters is 1. The number of amides is 1. The molecule has 10 heteroatoms. The fraction of sp³-hybridized carbons (Fsp3) is 0.314. The number of aromatic nitrogens is 4. The molecule has 1 atom stereocenters. The summed E-state index contributed by atoms with van der Waals surface area (Å²) in [6.07, 6.45) is 2.83. The molecule has 1 unspecified atom stereocenters. The molecule has 5 aromatic rings. The fourth-order valence-electron chi connectivity index (χ4n) is 6.24. The second-order valence-corrected chi connectivity index (χ2v) is 11.5. The number of methoxy groups -OCH3 is 1. The van der Waals surface area contributed by atoms with Crippen LogP contribution in [0.5, 0.6) is 0 Å². The molecule has 3 aromatic carbocycles. The normalized spacial score (nSPS) is 14.9. The Balaban J connectivity index is 1.13. The second kappa shape index (κ2) is 14.3. The van der Waals surface area contributed by atoms with Crippen LogP contribution in [0.3, 0.4) is 0 Å². The summed E-state index contributed by atoms with van der Waals surface area (Å²) in [6, 6.07) is 31.3. The third-order valence-corrected chi connectivity index (χ3v) is 8.53. The number of H-pyrrole nitrogens is 1. The lowest BCUT2D eigenvalue weighted by Crippen LogP contribution is -2.52. The van der Waals surface area contributed by atoms with Crippen LogP contribution in [0.25, 0.3) is 10.9 Å². The molecule has 0 bridgehead atoms. The summed E-state index contributed by atoms with van der Waals surface area (Å²) in [4.78, 5) is 33.8. The number of hydrogen-bond donors (Lipinski definition) is 2. The van der Waals surface area contributed by atoms with Crippen LogP contribution in [-0.2, 0) is 11.3 Å². The highest BCUT2D eigenvalue weighted by Crippen LogP contribution is 2.29. The van der Waals surface area contributed by atoms with Crippen molar-refractivity contribution >= 4 is 22.8 Å². The zero-order chi connectivity index (χ0) is 31.0. The molecular weight excluding hydrogens is 566 g/mol. The number of para-hydroxylation sites is 1. The van der Waals surface area contributed by atoms with Gasteiger partial charge in [-0.05, 0) is 36.1 Å². The molecule has 10 nitrogen and oxygen atoms in total. The van der Waals surface area contributed by atoms with Gasteiger partial charge in [0.25, 0.3) is 5.91 Å². The van der Waals surface area contributed by atoms with Crippen molar-refractivity contribution in [3.63, 3.8) is 0 Å². The summed E-state index contributed by atoms with van der Waals surface area (Å²) in [5.41, 5.74) is 4.38. The molecule has 3 heterocycles. The molecule has 0 radical (unpaired) electrons. The summed E-state index contributed by atoms with van der Waals surface area (Å²) in [7, 11) is 1.34. The van der Waals surface area contributed by atoms with Crippen LogP contribution in [0.15, 0.2) is 97.2 Å². The van der Waals surface area contributed by atoms with Gasteiger partial charge in [0, 0.05) is 56.2 Å². The number of ether oxygens (including phenoxy) is 1. The first kappa shape index (κ1) is 30.2. The van der Waals surface area contributed by atoms with Gasteiger partial charge in [-0.2, -0.15) is 0 Å². The minimum absolute atomic E-state index is 0.0976. The molecule has 232 valence electrons. The topological polar surface area (TPSA) is 108 Å². The molecule has 0 aliphatic carbocycles. The number of fused-ring (bicyclic) bond motifs is 1. The first-order chi connectivity index (χ1) is 22.1. The number of carbonyl (C=O) groups is 2. The maximum absolute atomic E-state index is 13.4. The van der Waals surface area contributed by atoms with E-state index in [0.717, 1.165) is 43.6 Å². The number of nitrogens with zero attached hydrogens (tertiary/aromatic N) is 5. The highest BCUT2D eigenvalue weighted by atomic mass is 16.5. The molecule has 0 spiro atoms. The van der Waals surface area contributed by atoms with E-state index < -0.39 is 5.97 Å². The molecule has 0 saturated carbocycles. The number of rotatable bonds is 12. The Bertz CT molecular complexity index is 1620. The fourth-order valence-corrected chi connectivity index (χ4v) is 6.24. The zero-order valence-electron chi connectivity index (χ0n) is 25.5.